The number of hydrogen-bond donors (Lipinski definition) is 2. The molecule has 5 nitrogen and oxygen atoms in total. The first-order valence-corrected chi connectivity index (χ1v) is 8.61. The summed E-state index contributed by atoms with van der Waals surface area (Å²) in [6.45, 7) is 2.13. The molecule has 128 valence electrons. The van der Waals surface area contributed by atoms with Crippen molar-refractivity contribution < 1.29 is 14.3 Å². The van der Waals surface area contributed by atoms with Crippen LogP contribution < -0.4 is 20.1 Å². The number of aryl methyl sites for hydroxylation is 1. The van der Waals surface area contributed by atoms with Crippen molar-refractivity contribution in [3.63, 3.8) is 0 Å². The fourth-order valence-electron chi connectivity index (χ4n) is 2.15. The van der Waals surface area contributed by atoms with Crippen molar-refractivity contribution in [1.82, 2.24) is 0 Å². The summed E-state index contributed by atoms with van der Waals surface area (Å²) in [5.41, 5.74) is 2.50. The number of benzene rings is 2. The van der Waals surface area contributed by atoms with E-state index in [1.165, 1.54) is 14.2 Å². The van der Waals surface area contributed by atoms with E-state index in [0.29, 0.717) is 22.2 Å². The van der Waals surface area contributed by atoms with Gasteiger partial charge in [0, 0.05) is 15.3 Å². The molecule has 0 unspecified atom stereocenters. The number of carbonyl (C=O) groups is 1. The van der Waals surface area contributed by atoms with Gasteiger partial charge in [0.25, 0.3) is 0 Å². The van der Waals surface area contributed by atoms with Crippen molar-refractivity contribution in [3.8, 4) is 11.5 Å². The van der Waals surface area contributed by atoms with Gasteiger partial charge in [0.1, 0.15) is 11.5 Å². The summed E-state index contributed by atoms with van der Waals surface area (Å²) in [6, 6.07) is 9.23. The summed E-state index contributed by atoms with van der Waals surface area (Å²) < 4.78 is 11.6. The van der Waals surface area contributed by atoms with Gasteiger partial charge in [-0.05, 0) is 59.3 Å². The summed E-state index contributed by atoms with van der Waals surface area (Å²) in [4.78, 5) is 12.2. The van der Waals surface area contributed by atoms with E-state index in [4.69, 9.17) is 21.1 Å². The second-order valence-corrected chi connectivity index (χ2v) is 6.70. The van der Waals surface area contributed by atoms with Crippen LogP contribution in [0.15, 0.2) is 30.3 Å². The molecule has 2 aromatic carbocycles. The summed E-state index contributed by atoms with van der Waals surface area (Å²) in [5.74, 6) is 0.765. The van der Waals surface area contributed by atoms with Gasteiger partial charge in [0.05, 0.1) is 31.5 Å². The molecular formula is C17H18ClIN2O3. The molecule has 0 saturated carbocycles. The van der Waals surface area contributed by atoms with Gasteiger partial charge in [0.2, 0.25) is 5.91 Å². The minimum atomic E-state index is -0.201. The van der Waals surface area contributed by atoms with E-state index in [1.54, 1.807) is 12.1 Å². The second-order valence-electron chi connectivity index (χ2n) is 5.05. The minimum absolute atomic E-state index is 0.133. The van der Waals surface area contributed by atoms with Crippen LogP contribution in [-0.2, 0) is 4.79 Å². The first-order chi connectivity index (χ1) is 11.4. The quantitative estimate of drug-likeness (QED) is 0.631. The van der Waals surface area contributed by atoms with E-state index >= 15 is 0 Å². The third kappa shape index (κ3) is 4.67. The number of ether oxygens (including phenoxy) is 2. The van der Waals surface area contributed by atoms with E-state index < -0.39 is 0 Å². The van der Waals surface area contributed by atoms with Gasteiger partial charge in [-0.1, -0.05) is 11.6 Å². The first-order valence-electron chi connectivity index (χ1n) is 7.16. The molecule has 0 fully saturated rings. The molecule has 2 aromatic rings. The monoisotopic (exact) mass is 460 g/mol. The van der Waals surface area contributed by atoms with Gasteiger partial charge < -0.3 is 20.1 Å². The lowest BCUT2D eigenvalue weighted by Crippen LogP contribution is -2.22. The average Bonchev–Trinajstić information content (AvgIpc) is 2.54. The smallest absolute Gasteiger partial charge is 0.243 e. The van der Waals surface area contributed by atoms with Crippen molar-refractivity contribution in [3.05, 3.63) is 44.5 Å². The number of hydrogen-bond acceptors (Lipinski definition) is 4. The molecule has 0 spiro atoms. The van der Waals surface area contributed by atoms with Crippen molar-refractivity contribution in [2.24, 2.45) is 0 Å². The Morgan fingerprint density at radius 1 is 1.12 bits per heavy atom. The maximum Gasteiger partial charge on any atom is 0.243 e. The third-order valence-corrected chi connectivity index (χ3v) is 4.34. The van der Waals surface area contributed by atoms with Crippen molar-refractivity contribution >= 4 is 51.5 Å². The SMILES string of the molecule is COc1cc(OC)c(NC(=O)CNc2ccc(I)cc2C)cc1Cl. The van der Waals surface area contributed by atoms with Crippen LogP contribution in [0.1, 0.15) is 5.56 Å². The van der Waals surface area contributed by atoms with E-state index in [-0.39, 0.29) is 12.5 Å². The lowest BCUT2D eigenvalue weighted by molar-refractivity contribution is -0.114. The van der Waals surface area contributed by atoms with Gasteiger partial charge in [0.15, 0.2) is 0 Å². The van der Waals surface area contributed by atoms with Crippen LogP contribution in [0.25, 0.3) is 0 Å². The number of halogens is 2. The van der Waals surface area contributed by atoms with E-state index in [9.17, 15) is 4.79 Å². The van der Waals surface area contributed by atoms with Crippen molar-refractivity contribution in [2.45, 2.75) is 6.92 Å². The zero-order valence-corrected chi connectivity index (χ0v) is 16.5. The van der Waals surface area contributed by atoms with Gasteiger partial charge >= 0.3 is 0 Å². The number of anilines is 2. The van der Waals surface area contributed by atoms with E-state index in [2.05, 4.69) is 33.2 Å². The Labute approximate surface area is 159 Å². The lowest BCUT2D eigenvalue weighted by atomic mass is 10.2. The zero-order chi connectivity index (χ0) is 17.7. The van der Waals surface area contributed by atoms with Gasteiger partial charge in [-0.3, -0.25) is 4.79 Å². The first kappa shape index (κ1) is 18.7. The molecule has 0 aliphatic rings. The van der Waals surface area contributed by atoms with Crippen LogP contribution in [0.4, 0.5) is 11.4 Å². The predicted molar refractivity (Wildman–Crippen MR) is 106 cm³/mol. The normalized spacial score (nSPS) is 10.2. The Bertz CT molecular complexity index is 753. The average molecular weight is 461 g/mol. The molecule has 0 aliphatic heterocycles. The Morgan fingerprint density at radius 3 is 2.46 bits per heavy atom. The van der Waals surface area contributed by atoms with Crippen LogP contribution in [-0.4, -0.2) is 26.7 Å². The highest BCUT2D eigenvalue weighted by molar-refractivity contribution is 14.1. The second kappa shape index (κ2) is 8.43. The van der Waals surface area contributed by atoms with Gasteiger partial charge in [-0.2, -0.15) is 0 Å². The standard InChI is InChI=1S/C17H18ClIN2O3/c1-10-6-11(19)4-5-13(10)20-9-17(22)21-14-7-12(18)15(23-2)8-16(14)24-3/h4-8,20H,9H2,1-3H3,(H,21,22). The van der Waals surface area contributed by atoms with E-state index in [0.717, 1.165) is 14.8 Å². The highest BCUT2D eigenvalue weighted by atomic mass is 127. The Balaban J connectivity index is 2.05. The molecule has 0 saturated heterocycles. The van der Waals surface area contributed by atoms with E-state index in [1.807, 2.05) is 25.1 Å². The number of carbonyl (C=O) groups excluding carboxylic acids is 1. The molecule has 0 heterocycles. The van der Waals surface area contributed by atoms with Gasteiger partial charge in [-0.25, -0.2) is 0 Å². The molecular weight excluding hydrogens is 443 g/mol. The number of rotatable bonds is 6. The van der Waals surface area contributed by atoms with Crippen LogP contribution in [0, 0.1) is 10.5 Å². The highest BCUT2D eigenvalue weighted by Crippen LogP contribution is 2.35. The largest absolute Gasteiger partial charge is 0.495 e. The molecule has 0 atom stereocenters. The molecule has 0 aromatic heterocycles. The number of amides is 1. The zero-order valence-electron chi connectivity index (χ0n) is 13.6. The molecule has 7 heteroatoms. The van der Waals surface area contributed by atoms with Crippen LogP contribution >= 0.6 is 34.2 Å². The molecule has 0 radical (unpaired) electrons. The summed E-state index contributed by atoms with van der Waals surface area (Å²) in [5, 5.41) is 6.31. The lowest BCUT2D eigenvalue weighted by Gasteiger charge is -2.14. The maximum atomic E-state index is 12.2. The van der Waals surface area contributed by atoms with Crippen LogP contribution in [0.3, 0.4) is 0 Å². The Hall–Kier alpha value is -1.67. The Morgan fingerprint density at radius 2 is 1.83 bits per heavy atom. The predicted octanol–water partition coefficient (Wildman–Crippen LogP) is 4.32. The molecule has 0 bridgehead atoms. The number of methoxy groups -OCH3 is 2. The van der Waals surface area contributed by atoms with Crippen LogP contribution in [0.5, 0.6) is 11.5 Å². The third-order valence-electron chi connectivity index (χ3n) is 3.38. The van der Waals surface area contributed by atoms with Crippen LogP contribution in [0.2, 0.25) is 5.02 Å². The van der Waals surface area contributed by atoms with Crippen molar-refractivity contribution in [1.29, 1.82) is 0 Å². The maximum absolute atomic E-state index is 12.2. The minimum Gasteiger partial charge on any atom is -0.495 e. The number of nitrogens with one attached hydrogen (secondary N) is 2. The van der Waals surface area contributed by atoms with Gasteiger partial charge in [-0.15, -0.1) is 0 Å². The fourth-order valence-corrected chi connectivity index (χ4v) is 3.04. The summed E-state index contributed by atoms with van der Waals surface area (Å²) >= 11 is 8.35. The fraction of sp³-hybridized carbons (Fsp3) is 0.235. The Kier molecular flexibility index (Phi) is 6.56. The summed E-state index contributed by atoms with van der Waals surface area (Å²) in [7, 11) is 3.04. The molecule has 2 rings (SSSR count). The summed E-state index contributed by atoms with van der Waals surface area (Å²) in [6.07, 6.45) is 0. The topological polar surface area (TPSA) is 59.6 Å². The van der Waals surface area contributed by atoms with Crippen molar-refractivity contribution in [2.75, 3.05) is 31.4 Å². The molecule has 2 N–H and O–H groups in total. The molecule has 1 amide bonds. The highest BCUT2D eigenvalue weighted by Gasteiger charge is 2.12. The molecule has 24 heavy (non-hydrogen) atoms. The molecule has 0 aliphatic carbocycles.